The zero-order chi connectivity index (χ0) is 19.2. The molecule has 1 aliphatic heterocycles. The number of benzene rings is 2. The van der Waals surface area contributed by atoms with Crippen LogP contribution in [0.15, 0.2) is 48.5 Å². The maximum absolute atomic E-state index is 6.18. The number of halogens is 1. The van der Waals surface area contributed by atoms with Gasteiger partial charge in [-0.15, -0.1) is 0 Å². The Balaban J connectivity index is 1.44. The van der Waals surface area contributed by atoms with Gasteiger partial charge in [-0.2, -0.15) is 0 Å². The van der Waals surface area contributed by atoms with Crippen molar-refractivity contribution in [1.29, 1.82) is 0 Å². The summed E-state index contributed by atoms with van der Waals surface area (Å²) in [5.74, 6) is 1.92. The Labute approximate surface area is 172 Å². The minimum absolute atomic E-state index is 0.638. The van der Waals surface area contributed by atoms with Gasteiger partial charge in [0.15, 0.2) is 0 Å². The van der Waals surface area contributed by atoms with Gasteiger partial charge >= 0.3 is 0 Å². The van der Waals surface area contributed by atoms with Gasteiger partial charge in [0.2, 0.25) is 0 Å². The lowest BCUT2D eigenvalue weighted by molar-refractivity contribution is 0.263. The third-order valence-corrected chi connectivity index (χ3v) is 5.73. The van der Waals surface area contributed by atoms with Crippen molar-refractivity contribution in [2.24, 2.45) is 0 Å². The zero-order valence-corrected chi connectivity index (χ0v) is 17.1. The number of likely N-dealkylation sites (tertiary alicyclic amines) is 1. The van der Waals surface area contributed by atoms with Gasteiger partial charge in [-0.05, 0) is 56.6 Å². The topological polar surface area (TPSA) is 30.3 Å². The normalized spacial score (nSPS) is 15.6. The van der Waals surface area contributed by atoms with Crippen molar-refractivity contribution < 1.29 is 4.74 Å². The summed E-state index contributed by atoms with van der Waals surface area (Å²) in [6.45, 7) is 4.82. The smallest absolute Gasteiger partial charge is 0.137 e. The first-order valence-corrected chi connectivity index (χ1v) is 10.7. The van der Waals surface area contributed by atoms with E-state index in [1.165, 1.54) is 50.1 Å². The molecule has 1 aromatic heterocycles. The number of imidazole rings is 1. The van der Waals surface area contributed by atoms with E-state index in [0.29, 0.717) is 11.6 Å². The molecule has 1 fully saturated rings. The van der Waals surface area contributed by atoms with Crippen molar-refractivity contribution in [2.75, 3.05) is 19.7 Å². The van der Waals surface area contributed by atoms with Gasteiger partial charge in [0.05, 0.1) is 29.2 Å². The van der Waals surface area contributed by atoms with E-state index >= 15 is 0 Å². The Morgan fingerprint density at radius 1 is 0.929 bits per heavy atom. The van der Waals surface area contributed by atoms with E-state index in [1.807, 2.05) is 24.3 Å². The molecule has 148 valence electrons. The number of nitrogens with zero attached hydrogens (tertiary/aromatic N) is 3. The molecule has 0 amide bonds. The monoisotopic (exact) mass is 397 g/mol. The van der Waals surface area contributed by atoms with E-state index in [4.69, 9.17) is 21.3 Å². The Kier molecular flexibility index (Phi) is 6.50. The summed E-state index contributed by atoms with van der Waals surface area (Å²) < 4.78 is 8.25. The van der Waals surface area contributed by atoms with Crippen molar-refractivity contribution >= 4 is 22.6 Å². The van der Waals surface area contributed by atoms with Crippen molar-refractivity contribution in [3.63, 3.8) is 0 Å². The van der Waals surface area contributed by atoms with Crippen molar-refractivity contribution in [3.8, 4) is 5.75 Å². The average molecular weight is 398 g/mol. The first kappa shape index (κ1) is 19.3. The summed E-state index contributed by atoms with van der Waals surface area (Å²) in [4.78, 5) is 7.51. The Bertz CT molecular complexity index is 900. The summed E-state index contributed by atoms with van der Waals surface area (Å²) >= 11 is 6.18. The molecular weight excluding hydrogens is 370 g/mol. The van der Waals surface area contributed by atoms with Crippen molar-refractivity contribution in [1.82, 2.24) is 14.5 Å². The number of hydrogen-bond acceptors (Lipinski definition) is 3. The number of aryl methyl sites for hydroxylation is 1. The first-order chi connectivity index (χ1) is 13.8. The minimum atomic E-state index is 0.638. The van der Waals surface area contributed by atoms with Gasteiger partial charge in [0.25, 0.3) is 0 Å². The highest BCUT2D eigenvalue weighted by Crippen LogP contribution is 2.24. The maximum atomic E-state index is 6.18. The number of ether oxygens (including phenoxy) is 1. The molecule has 0 aliphatic carbocycles. The lowest BCUT2D eigenvalue weighted by Crippen LogP contribution is -2.26. The van der Waals surface area contributed by atoms with Gasteiger partial charge < -0.3 is 9.30 Å². The fraction of sp³-hybridized carbons (Fsp3) is 0.435. The predicted molar refractivity (Wildman–Crippen MR) is 115 cm³/mol. The summed E-state index contributed by atoms with van der Waals surface area (Å²) in [6.07, 6.45) is 6.22. The quantitative estimate of drug-likeness (QED) is 0.490. The van der Waals surface area contributed by atoms with Crippen molar-refractivity contribution in [2.45, 2.75) is 45.2 Å². The second-order valence-corrected chi connectivity index (χ2v) is 7.90. The van der Waals surface area contributed by atoms with Crippen LogP contribution in [0.4, 0.5) is 0 Å². The molecule has 1 aliphatic rings. The highest BCUT2D eigenvalue weighted by atomic mass is 35.5. The largest absolute Gasteiger partial charge is 0.492 e. The molecule has 4 rings (SSSR count). The fourth-order valence-corrected chi connectivity index (χ4v) is 4.15. The Morgan fingerprint density at radius 2 is 1.68 bits per heavy atom. The summed E-state index contributed by atoms with van der Waals surface area (Å²) in [5, 5.41) is 0.664. The lowest BCUT2D eigenvalue weighted by Gasteiger charge is -2.20. The maximum Gasteiger partial charge on any atom is 0.137 e. The van der Waals surface area contributed by atoms with E-state index < -0.39 is 0 Å². The minimum Gasteiger partial charge on any atom is -0.492 e. The summed E-state index contributed by atoms with van der Waals surface area (Å²) in [6, 6.07) is 16.1. The lowest BCUT2D eigenvalue weighted by atomic mass is 10.2. The number of hydrogen-bond donors (Lipinski definition) is 0. The molecule has 1 saturated heterocycles. The molecule has 0 N–H and O–H groups in total. The van der Waals surface area contributed by atoms with E-state index in [0.717, 1.165) is 30.8 Å². The molecule has 3 aromatic rings. The van der Waals surface area contributed by atoms with E-state index in [2.05, 4.69) is 33.7 Å². The van der Waals surface area contributed by atoms with Crippen LogP contribution in [0, 0.1) is 0 Å². The van der Waals surface area contributed by atoms with E-state index in [-0.39, 0.29) is 0 Å². The van der Waals surface area contributed by atoms with Crippen LogP contribution < -0.4 is 4.74 Å². The molecular formula is C23H28ClN3O. The highest BCUT2D eigenvalue weighted by molar-refractivity contribution is 6.32. The van der Waals surface area contributed by atoms with Gasteiger partial charge in [0.1, 0.15) is 11.6 Å². The molecule has 0 saturated carbocycles. The third-order valence-electron chi connectivity index (χ3n) is 5.42. The molecule has 5 heteroatoms. The molecule has 0 radical (unpaired) electrons. The standard InChI is InChI=1S/C23H28ClN3O/c24-19-10-3-6-13-22(19)28-17-9-16-27-21-12-5-4-11-20(21)25-23(27)18-26-14-7-1-2-8-15-26/h3-6,10-13H,1-2,7-9,14-18H2. The van der Waals surface area contributed by atoms with Crippen LogP contribution in [0.3, 0.4) is 0 Å². The molecule has 0 atom stereocenters. The Morgan fingerprint density at radius 3 is 2.50 bits per heavy atom. The molecule has 0 spiro atoms. The number of rotatable bonds is 7. The molecule has 2 heterocycles. The van der Waals surface area contributed by atoms with Crippen molar-refractivity contribution in [3.05, 3.63) is 59.4 Å². The average Bonchev–Trinajstić information content (AvgIpc) is 2.87. The fourth-order valence-electron chi connectivity index (χ4n) is 3.96. The molecule has 4 nitrogen and oxygen atoms in total. The molecule has 0 bridgehead atoms. The SMILES string of the molecule is Clc1ccccc1OCCCn1c(CN2CCCCCC2)nc2ccccc21. The second-order valence-electron chi connectivity index (χ2n) is 7.49. The first-order valence-electron chi connectivity index (χ1n) is 10.3. The van der Waals surface area contributed by atoms with Gasteiger partial charge in [-0.1, -0.05) is 48.7 Å². The predicted octanol–water partition coefficient (Wildman–Crippen LogP) is 5.53. The molecule has 0 unspecified atom stereocenters. The van der Waals surface area contributed by atoms with Gasteiger partial charge in [-0.25, -0.2) is 4.98 Å². The highest BCUT2D eigenvalue weighted by Gasteiger charge is 2.15. The van der Waals surface area contributed by atoms with Gasteiger partial charge in [-0.3, -0.25) is 4.90 Å². The van der Waals surface area contributed by atoms with E-state index in [9.17, 15) is 0 Å². The van der Waals surface area contributed by atoms with Crippen LogP contribution >= 0.6 is 11.6 Å². The van der Waals surface area contributed by atoms with Crippen LogP contribution in [-0.4, -0.2) is 34.1 Å². The van der Waals surface area contributed by atoms with Crippen LogP contribution in [0.5, 0.6) is 5.75 Å². The van der Waals surface area contributed by atoms with Crippen LogP contribution in [0.25, 0.3) is 11.0 Å². The second kappa shape index (κ2) is 9.44. The Hall–Kier alpha value is -2.04. The third kappa shape index (κ3) is 4.68. The zero-order valence-electron chi connectivity index (χ0n) is 16.3. The van der Waals surface area contributed by atoms with Crippen LogP contribution in [0.2, 0.25) is 5.02 Å². The van der Waals surface area contributed by atoms with Gasteiger partial charge in [0, 0.05) is 6.54 Å². The molecule has 2 aromatic carbocycles. The van der Waals surface area contributed by atoms with E-state index in [1.54, 1.807) is 0 Å². The molecule has 28 heavy (non-hydrogen) atoms. The summed E-state index contributed by atoms with van der Waals surface area (Å²) in [5.41, 5.74) is 2.30. The number of para-hydroxylation sites is 3. The number of aromatic nitrogens is 2. The summed E-state index contributed by atoms with van der Waals surface area (Å²) in [7, 11) is 0. The van der Waals surface area contributed by atoms with Crippen LogP contribution in [0.1, 0.15) is 37.9 Å². The van der Waals surface area contributed by atoms with Crippen LogP contribution in [-0.2, 0) is 13.1 Å². The number of fused-ring (bicyclic) bond motifs is 1.